The van der Waals surface area contributed by atoms with Gasteiger partial charge in [-0.05, 0) is 13.8 Å². The van der Waals surface area contributed by atoms with Gasteiger partial charge in [0, 0.05) is 37.5 Å². The molecule has 2 rings (SSSR count). The predicted octanol–water partition coefficient (Wildman–Crippen LogP) is 2.23. The molecular formula is C11H18ClN5. The fourth-order valence-corrected chi connectivity index (χ4v) is 1.62. The maximum absolute atomic E-state index is 4.27. The van der Waals surface area contributed by atoms with E-state index < -0.39 is 0 Å². The van der Waals surface area contributed by atoms with E-state index in [-0.39, 0.29) is 12.4 Å². The lowest BCUT2D eigenvalue weighted by molar-refractivity contribution is 0.537. The van der Waals surface area contributed by atoms with Crippen LogP contribution in [0.5, 0.6) is 0 Å². The highest BCUT2D eigenvalue weighted by Gasteiger charge is 2.05. The monoisotopic (exact) mass is 255 g/mol. The van der Waals surface area contributed by atoms with Gasteiger partial charge in [-0.15, -0.1) is 12.4 Å². The molecule has 0 bridgehead atoms. The summed E-state index contributed by atoms with van der Waals surface area (Å²) in [5.74, 6) is 1.04. The number of rotatable bonds is 4. The standard InChI is InChI=1S/C11H17N5.ClH/c1-9(2)16-11(4-5-13-16)12-6-10-7-14-15(3)8-10;/h4-5,7-9,12H,6H2,1-3H3;1H. The number of halogens is 1. The Balaban J connectivity index is 0.00000144. The Kier molecular flexibility index (Phi) is 4.57. The van der Waals surface area contributed by atoms with Crippen molar-refractivity contribution in [3.63, 3.8) is 0 Å². The first-order valence-electron chi connectivity index (χ1n) is 5.41. The maximum atomic E-state index is 4.27. The van der Waals surface area contributed by atoms with Crippen LogP contribution < -0.4 is 5.32 Å². The molecule has 0 aliphatic heterocycles. The van der Waals surface area contributed by atoms with Gasteiger partial charge in [0.1, 0.15) is 5.82 Å². The first-order chi connectivity index (χ1) is 7.66. The van der Waals surface area contributed by atoms with Crippen molar-refractivity contribution in [1.82, 2.24) is 19.6 Å². The van der Waals surface area contributed by atoms with E-state index in [1.807, 2.05) is 36.4 Å². The number of nitrogens with one attached hydrogen (secondary N) is 1. The van der Waals surface area contributed by atoms with Crippen LogP contribution in [0.2, 0.25) is 0 Å². The van der Waals surface area contributed by atoms with Crippen molar-refractivity contribution in [3.8, 4) is 0 Å². The van der Waals surface area contributed by atoms with Crippen LogP contribution in [0.4, 0.5) is 5.82 Å². The van der Waals surface area contributed by atoms with Crippen LogP contribution in [0.15, 0.2) is 24.7 Å². The fourth-order valence-electron chi connectivity index (χ4n) is 1.62. The molecule has 1 N–H and O–H groups in total. The summed E-state index contributed by atoms with van der Waals surface area (Å²) in [5, 5.41) is 11.7. The molecule has 0 radical (unpaired) electrons. The van der Waals surface area contributed by atoms with E-state index in [1.165, 1.54) is 5.56 Å². The Labute approximate surface area is 107 Å². The van der Waals surface area contributed by atoms with Gasteiger partial charge in [0.15, 0.2) is 0 Å². The lowest BCUT2D eigenvalue weighted by atomic mass is 10.3. The third-order valence-electron chi connectivity index (χ3n) is 2.39. The molecule has 0 saturated heterocycles. The molecular weight excluding hydrogens is 238 g/mol. The average molecular weight is 256 g/mol. The summed E-state index contributed by atoms with van der Waals surface area (Å²) in [6.07, 6.45) is 5.68. The van der Waals surface area contributed by atoms with Crippen LogP contribution >= 0.6 is 12.4 Å². The molecule has 2 aromatic heterocycles. The molecule has 0 unspecified atom stereocenters. The molecule has 0 spiro atoms. The third-order valence-corrected chi connectivity index (χ3v) is 2.39. The number of anilines is 1. The molecule has 2 aromatic rings. The minimum Gasteiger partial charge on any atom is -0.366 e. The summed E-state index contributed by atoms with van der Waals surface area (Å²) in [6.45, 7) is 5.00. The van der Waals surface area contributed by atoms with Crippen LogP contribution in [0.25, 0.3) is 0 Å². The van der Waals surface area contributed by atoms with E-state index in [0.717, 1.165) is 12.4 Å². The quantitative estimate of drug-likeness (QED) is 0.912. The molecule has 0 aliphatic rings. The third kappa shape index (κ3) is 3.23. The summed E-state index contributed by atoms with van der Waals surface area (Å²) in [4.78, 5) is 0. The number of aryl methyl sites for hydroxylation is 1. The maximum Gasteiger partial charge on any atom is 0.124 e. The highest BCUT2D eigenvalue weighted by atomic mass is 35.5. The molecule has 0 atom stereocenters. The van der Waals surface area contributed by atoms with Crippen molar-refractivity contribution in [2.75, 3.05) is 5.32 Å². The zero-order chi connectivity index (χ0) is 11.5. The number of nitrogens with zero attached hydrogens (tertiary/aromatic N) is 4. The number of hydrogen-bond acceptors (Lipinski definition) is 3. The minimum absolute atomic E-state index is 0. The minimum atomic E-state index is 0. The fraction of sp³-hybridized carbons (Fsp3) is 0.455. The van der Waals surface area contributed by atoms with Crippen molar-refractivity contribution in [2.45, 2.75) is 26.4 Å². The average Bonchev–Trinajstić information content (AvgIpc) is 2.83. The first kappa shape index (κ1) is 13.6. The SMILES string of the molecule is CC(C)n1nccc1NCc1cnn(C)c1.Cl. The largest absolute Gasteiger partial charge is 0.366 e. The van der Waals surface area contributed by atoms with Gasteiger partial charge < -0.3 is 5.32 Å². The normalized spacial score (nSPS) is 10.4. The molecule has 0 amide bonds. The van der Waals surface area contributed by atoms with Gasteiger partial charge in [-0.2, -0.15) is 10.2 Å². The van der Waals surface area contributed by atoms with Gasteiger partial charge in [-0.25, -0.2) is 4.68 Å². The Bertz CT molecular complexity index is 460. The molecule has 94 valence electrons. The molecule has 2 heterocycles. The van der Waals surface area contributed by atoms with Crippen LogP contribution in [0.1, 0.15) is 25.5 Å². The molecule has 5 nitrogen and oxygen atoms in total. The van der Waals surface area contributed by atoms with Gasteiger partial charge in [0.25, 0.3) is 0 Å². The van der Waals surface area contributed by atoms with Crippen LogP contribution in [-0.2, 0) is 13.6 Å². The van der Waals surface area contributed by atoms with Crippen molar-refractivity contribution in [3.05, 3.63) is 30.2 Å². The second-order valence-electron chi connectivity index (χ2n) is 4.13. The Hall–Kier alpha value is -1.49. The van der Waals surface area contributed by atoms with Crippen molar-refractivity contribution in [2.24, 2.45) is 7.05 Å². The summed E-state index contributed by atoms with van der Waals surface area (Å²) in [7, 11) is 1.92. The van der Waals surface area contributed by atoms with E-state index in [4.69, 9.17) is 0 Å². The highest BCUT2D eigenvalue weighted by molar-refractivity contribution is 5.85. The van der Waals surface area contributed by atoms with Crippen LogP contribution in [0.3, 0.4) is 0 Å². The summed E-state index contributed by atoms with van der Waals surface area (Å²) >= 11 is 0. The van der Waals surface area contributed by atoms with Gasteiger partial charge >= 0.3 is 0 Å². The smallest absolute Gasteiger partial charge is 0.124 e. The lowest BCUT2D eigenvalue weighted by Crippen LogP contribution is -2.09. The molecule has 0 saturated carbocycles. The molecule has 0 aromatic carbocycles. The molecule has 6 heteroatoms. The van der Waals surface area contributed by atoms with Gasteiger partial charge in [0.05, 0.1) is 12.4 Å². The molecule has 0 fully saturated rings. The van der Waals surface area contributed by atoms with Gasteiger partial charge in [0.2, 0.25) is 0 Å². The summed E-state index contributed by atoms with van der Waals surface area (Å²) in [5.41, 5.74) is 1.17. The predicted molar refractivity (Wildman–Crippen MR) is 70.4 cm³/mol. The van der Waals surface area contributed by atoms with Gasteiger partial charge in [-0.1, -0.05) is 0 Å². The van der Waals surface area contributed by atoms with Gasteiger partial charge in [-0.3, -0.25) is 4.68 Å². The first-order valence-corrected chi connectivity index (χ1v) is 5.41. The van der Waals surface area contributed by atoms with E-state index >= 15 is 0 Å². The summed E-state index contributed by atoms with van der Waals surface area (Å²) < 4.78 is 3.77. The Morgan fingerprint density at radius 3 is 2.71 bits per heavy atom. The number of aromatic nitrogens is 4. The second kappa shape index (κ2) is 5.72. The van der Waals surface area contributed by atoms with E-state index in [2.05, 4.69) is 29.4 Å². The zero-order valence-corrected chi connectivity index (χ0v) is 11.1. The van der Waals surface area contributed by atoms with Crippen molar-refractivity contribution >= 4 is 18.2 Å². The molecule has 17 heavy (non-hydrogen) atoms. The Morgan fingerprint density at radius 2 is 2.12 bits per heavy atom. The van der Waals surface area contributed by atoms with E-state index in [0.29, 0.717) is 6.04 Å². The highest BCUT2D eigenvalue weighted by Crippen LogP contribution is 2.13. The molecule has 0 aliphatic carbocycles. The van der Waals surface area contributed by atoms with Crippen molar-refractivity contribution < 1.29 is 0 Å². The van der Waals surface area contributed by atoms with E-state index in [1.54, 1.807) is 4.68 Å². The zero-order valence-electron chi connectivity index (χ0n) is 10.3. The number of hydrogen-bond donors (Lipinski definition) is 1. The van der Waals surface area contributed by atoms with Crippen LogP contribution in [0, 0.1) is 0 Å². The summed E-state index contributed by atoms with van der Waals surface area (Å²) in [6, 6.07) is 2.35. The second-order valence-corrected chi connectivity index (χ2v) is 4.13. The van der Waals surface area contributed by atoms with Crippen molar-refractivity contribution in [1.29, 1.82) is 0 Å². The van der Waals surface area contributed by atoms with E-state index in [9.17, 15) is 0 Å². The van der Waals surface area contributed by atoms with Crippen LogP contribution in [-0.4, -0.2) is 19.6 Å². The lowest BCUT2D eigenvalue weighted by Gasteiger charge is -2.11. The topological polar surface area (TPSA) is 47.7 Å². The Morgan fingerprint density at radius 1 is 1.35 bits per heavy atom.